The summed E-state index contributed by atoms with van der Waals surface area (Å²) in [6, 6.07) is 17.3. The lowest BCUT2D eigenvalue weighted by Gasteiger charge is -2.24. The molecule has 1 saturated carbocycles. The summed E-state index contributed by atoms with van der Waals surface area (Å²) in [6.07, 6.45) is -0.213. The van der Waals surface area contributed by atoms with Gasteiger partial charge < -0.3 is 19.3 Å². The lowest BCUT2D eigenvalue weighted by Crippen LogP contribution is -2.44. The number of fused-ring (bicyclic) bond motifs is 4. The quantitative estimate of drug-likeness (QED) is 0.547. The molecule has 4 unspecified atom stereocenters. The van der Waals surface area contributed by atoms with Crippen molar-refractivity contribution in [1.29, 1.82) is 0 Å². The van der Waals surface area contributed by atoms with Crippen molar-refractivity contribution in [3.63, 3.8) is 0 Å². The summed E-state index contributed by atoms with van der Waals surface area (Å²) < 4.78 is 46.6. The Morgan fingerprint density at radius 3 is 2.67 bits per heavy atom. The van der Waals surface area contributed by atoms with E-state index in [0.29, 0.717) is 17.9 Å². The van der Waals surface area contributed by atoms with Gasteiger partial charge in [-0.05, 0) is 29.0 Å². The number of rotatable bonds is 7. The molecular weight excluding hydrogens is 446 g/mol. The molecule has 1 heterocycles. The molecule has 0 bridgehead atoms. The molecule has 5 rings (SSSR count). The Morgan fingerprint density at radius 2 is 1.91 bits per heavy atom. The first-order valence-electron chi connectivity index (χ1n) is 10.6. The molecule has 0 amide bonds. The Kier molecular flexibility index (Phi) is 5.48. The van der Waals surface area contributed by atoms with Crippen LogP contribution in [0, 0.1) is 0 Å². The Hall–Kier alpha value is -3.14. The van der Waals surface area contributed by atoms with E-state index in [-0.39, 0.29) is 23.0 Å². The molecule has 3 aromatic carbocycles. The number of ether oxygens (including phenoxy) is 3. The molecule has 1 fully saturated rings. The summed E-state index contributed by atoms with van der Waals surface area (Å²) in [5.74, 6) is -0.604. The highest BCUT2D eigenvalue weighted by Gasteiger charge is 2.52. The molecule has 0 spiro atoms. The van der Waals surface area contributed by atoms with Crippen LogP contribution in [0.2, 0.25) is 0 Å². The van der Waals surface area contributed by atoms with Gasteiger partial charge in [0.1, 0.15) is 6.10 Å². The summed E-state index contributed by atoms with van der Waals surface area (Å²) in [6.45, 7) is -0.492. The van der Waals surface area contributed by atoms with Crippen molar-refractivity contribution in [2.24, 2.45) is 0 Å². The molecule has 1 aliphatic heterocycles. The van der Waals surface area contributed by atoms with Crippen molar-refractivity contribution in [1.82, 2.24) is 4.72 Å². The van der Waals surface area contributed by atoms with E-state index in [1.54, 1.807) is 37.4 Å². The maximum Gasteiger partial charge on any atom is 0.341 e. The van der Waals surface area contributed by atoms with E-state index in [0.717, 1.165) is 16.3 Å². The summed E-state index contributed by atoms with van der Waals surface area (Å²) in [4.78, 5) is 11.1. The maximum absolute atomic E-state index is 13.3. The molecule has 172 valence electrons. The van der Waals surface area contributed by atoms with Gasteiger partial charge in [-0.1, -0.05) is 42.5 Å². The zero-order valence-corrected chi connectivity index (χ0v) is 18.6. The fraction of sp³-hybridized carbons (Fsp3) is 0.292. The van der Waals surface area contributed by atoms with Crippen LogP contribution in [0.3, 0.4) is 0 Å². The molecule has 2 N–H and O–H groups in total. The van der Waals surface area contributed by atoms with Crippen molar-refractivity contribution >= 4 is 26.8 Å². The SMILES string of the molecule is COC1CC2Oc3c(OCC(=O)O)cccc3C2C1NS(=O)(=O)c1ccc2ccccc2c1. The average Bonchev–Trinajstić information content (AvgIpc) is 3.33. The second-order valence-electron chi connectivity index (χ2n) is 8.20. The monoisotopic (exact) mass is 469 g/mol. The number of carboxylic acids is 1. The molecule has 9 heteroatoms. The van der Waals surface area contributed by atoms with Crippen LogP contribution < -0.4 is 14.2 Å². The van der Waals surface area contributed by atoms with Crippen LogP contribution in [0.15, 0.2) is 65.6 Å². The number of sulfonamides is 1. The van der Waals surface area contributed by atoms with E-state index >= 15 is 0 Å². The summed E-state index contributed by atoms with van der Waals surface area (Å²) in [7, 11) is -2.29. The molecule has 3 aromatic rings. The van der Waals surface area contributed by atoms with E-state index in [1.807, 2.05) is 30.3 Å². The van der Waals surface area contributed by atoms with Crippen molar-refractivity contribution in [2.45, 2.75) is 35.5 Å². The molecule has 8 nitrogen and oxygen atoms in total. The highest BCUT2D eigenvalue weighted by molar-refractivity contribution is 7.89. The first-order chi connectivity index (χ1) is 15.9. The van der Waals surface area contributed by atoms with Gasteiger partial charge in [-0.15, -0.1) is 0 Å². The zero-order valence-electron chi connectivity index (χ0n) is 17.8. The Balaban J connectivity index is 1.47. The second-order valence-corrected chi connectivity index (χ2v) is 9.92. The number of benzene rings is 3. The van der Waals surface area contributed by atoms with Crippen LogP contribution in [-0.4, -0.2) is 51.5 Å². The van der Waals surface area contributed by atoms with Crippen LogP contribution in [-0.2, 0) is 19.6 Å². The number of para-hydroxylation sites is 1. The third-order valence-corrected chi connectivity index (χ3v) is 7.72. The number of aliphatic carboxylic acids is 1. The Bertz CT molecular complexity index is 1320. The predicted octanol–water partition coefficient (Wildman–Crippen LogP) is 2.91. The van der Waals surface area contributed by atoms with Gasteiger partial charge in [0.2, 0.25) is 10.0 Å². The van der Waals surface area contributed by atoms with Gasteiger partial charge in [-0.2, -0.15) is 0 Å². The first kappa shape index (κ1) is 21.7. The van der Waals surface area contributed by atoms with Gasteiger partial charge in [0.05, 0.1) is 17.0 Å². The zero-order chi connectivity index (χ0) is 23.2. The summed E-state index contributed by atoms with van der Waals surface area (Å²) >= 11 is 0. The molecule has 0 radical (unpaired) electrons. The summed E-state index contributed by atoms with van der Waals surface area (Å²) in [5, 5.41) is 10.7. The summed E-state index contributed by atoms with van der Waals surface area (Å²) in [5.41, 5.74) is 0.772. The molecule has 2 aliphatic rings. The van der Waals surface area contributed by atoms with E-state index in [9.17, 15) is 13.2 Å². The number of carboxylic acid groups (broad SMARTS) is 1. The van der Waals surface area contributed by atoms with E-state index in [1.165, 1.54) is 0 Å². The number of methoxy groups -OCH3 is 1. The first-order valence-corrected chi connectivity index (χ1v) is 12.0. The van der Waals surface area contributed by atoms with E-state index < -0.39 is 28.6 Å². The van der Waals surface area contributed by atoms with Crippen LogP contribution in [0.1, 0.15) is 17.9 Å². The second kappa shape index (κ2) is 8.33. The minimum absolute atomic E-state index is 0.178. The van der Waals surface area contributed by atoms with Gasteiger partial charge in [0.25, 0.3) is 0 Å². The van der Waals surface area contributed by atoms with Crippen LogP contribution in [0.5, 0.6) is 11.5 Å². The Labute approximate surface area is 191 Å². The maximum atomic E-state index is 13.3. The van der Waals surface area contributed by atoms with Gasteiger partial charge in [-0.3, -0.25) is 0 Å². The van der Waals surface area contributed by atoms with E-state index in [4.69, 9.17) is 19.3 Å². The topological polar surface area (TPSA) is 111 Å². The van der Waals surface area contributed by atoms with Crippen molar-refractivity contribution in [3.8, 4) is 11.5 Å². The Morgan fingerprint density at radius 1 is 1.12 bits per heavy atom. The van der Waals surface area contributed by atoms with Gasteiger partial charge >= 0.3 is 5.97 Å². The lowest BCUT2D eigenvalue weighted by molar-refractivity contribution is -0.139. The van der Waals surface area contributed by atoms with Crippen molar-refractivity contribution < 1.29 is 32.5 Å². The number of hydrogen-bond donors (Lipinski definition) is 2. The van der Waals surface area contributed by atoms with Crippen molar-refractivity contribution in [3.05, 3.63) is 66.2 Å². The number of hydrogen-bond acceptors (Lipinski definition) is 6. The fourth-order valence-corrected chi connectivity index (χ4v) is 6.12. The molecule has 4 atom stereocenters. The predicted molar refractivity (Wildman–Crippen MR) is 120 cm³/mol. The van der Waals surface area contributed by atoms with Crippen molar-refractivity contribution in [2.75, 3.05) is 13.7 Å². The molecule has 1 aliphatic carbocycles. The number of carbonyl (C=O) groups is 1. The minimum atomic E-state index is -3.85. The molecule has 0 saturated heterocycles. The van der Waals surface area contributed by atoms with Crippen LogP contribution in [0.25, 0.3) is 10.8 Å². The fourth-order valence-electron chi connectivity index (χ4n) is 4.80. The highest BCUT2D eigenvalue weighted by Crippen LogP contribution is 2.51. The van der Waals surface area contributed by atoms with Crippen LogP contribution >= 0.6 is 0 Å². The smallest absolute Gasteiger partial charge is 0.341 e. The molecular formula is C24H23NO7S. The van der Waals surface area contributed by atoms with Gasteiger partial charge in [0.15, 0.2) is 18.1 Å². The molecule has 0 aromatic heterocycles. The van der Waals surface area contributed by atoms with Crippen LogP contribution in [0.4, 0.5) is 0 Å². The largest absolute Gasteiger partial charge is 0.485 e. The lowest BCUT2D eigenvalue weighted by atomic mass is 9.94. The van der Waals surface area contributed by atoms with Gasteiger partial charge in [-0.25, -0.2) is 17.9 Å². The standard InChI is InChI=1S/C24H23NO7S/c1-30-20-12-19-22(17-7-4-8-18(24(17)32-19)31-13-21(26)27)23(20)25-33(28,29)16-10-9-14-5-2-3-6-15(14)11-16/h2-11,19-20,22-23,25H,12-13H2,1H3,(H,26,27). The third-order valence-electron chi connectivity index (χ3n) is 6.27. The van der Waals surface area contributed by atoms with E-state index in [2.05, 4.69) is 4.72 Å². The minimum Gasteiger partial charge on any atom is -0.485 e. The molecule has 33 heavy (non-hydrogen) atoms. The third kappa shape index (κ3) is 3.92. The number of nitrogens with one attached hydrogen (secondary N) is 1. The van der Waals surface area contributed by atoms with Gasteiger partial charge in [0, 0.05) is 25.0 Å². The average molecular weight is 470 g/mol. The highest BCUT2D eigenvalue weighted by atomic mass is 32.2. The normalized spacial score (nSPS) is 23.7.